The summed E-state index contributed by atoms with van der Waals surface area (Å²) in [6.07, 6.45) is 0.0490. The van der Waals surface area contributed by atoms with E-state index in [4.69, 9.17) is 10.5 Å². The SMILES string of the molecule is CCCCN(C(=O)C(CC(N)=O)NC(=O)OC(C)(C)C)C(C(=O)Nc1c(C)cccc1C)c1ccc(C)cc1. The lowest BCUT2D eigenvalue weighted by molar-refractivity contribution is -0.142. The van der Waals surface area contributed by atoms with Crippen molar-refractivity contribution in [2.45, 2.75) is 85.4 Å². The number of aryl methyl sites for hydroxylation is 3. The predicted octanol–water partition coefficient (Wildman–Crippen LogP) is 4.69. The van der Waals surface area contributed by atoms with Crippen LogP contribution in [0.15, 0.2) is 42.5 Å². The third-order valence-corrected chi connectivity index (χ3v) is 6.11. The first-order valence-corrected chi connectivity index (χ1v) is 13.3. The topological polar surface area (TPSA) is 131 Å². The number of nitrogens with zero attached hydrogens (tertiary/aromatic N) is 1. The molecular weight excluding hydrogens is 496 g/mol. The minimum Gasteiger partial charge on any atom is -0.444 e. The molecule has 2 aromatic rings. The summed E-state index contributed by atoms with van der Waals surface area (Å²) >= 11 is 0. The highest BCUT2D eigenvalue weighted by Gasteiger charge is 2.37. The van der Waals surface area contributed by atoms with Crippen LogP contribution in [0, 0.1) is 20.8 Å². The third-order valence-electron chi connectivity index (χ3n) is 6.11. The average molecular weight is 539 g/mol. The molecule has 0 bridgehead atoms. The fraction of sp³-hybridized carbons (Fsp3) is 0.467. The summed E-state index contributed by atoms with van der Waals surface area (Å²) in [6.45, 7) is 13.0. The Kier molecular flexibility index (Phi) is 11.1. The zero-order valence-electron chi connectivity index (χ0n) is 24.1. The van der Waals surface area contributed by atoms with Gasteiger partial charge in [-0.2, -0.15) is 0 Å². The van der Waals surface area contributed by atoms with Gasteiger partial charge < -0.3 is 26.0 Å². The predicted molar refractivity (Wildman–Crippen MR) is 152 cm³/mol. The van der Waals surface area contributed by atoms with Gasteiger partial charge in [0, 0.05) is 12.2 Å². The van der Waals surface area contributed by atoms with Gasteiger partial charge in [0.05, 0.1) is 6.42 Å². The summed E-state index contributed by atoms with van der Waals surface area (Å²) < 4.78 is 5.32. The van der Waals surface area contributed by atoms with Crippen molar-refractivity contribution in [2.24, 2.45) is 5.73 Å². The van der Waals surface area contributed by atoms with E-state index in [-0.39, 0.29) is 6.54 Å². The molecule has 2 aromatic carbocycles. The highest BCUT2D eigenvalue weighted by Crippen LogP contribution is 2.28. The molecule has 9 heteroatoms. The zero-order valence-corrected chi connectivity index (χ0v) is 24.1. The maximum absolute atomic E-state index is 14.0. The zero-order chi connectivity index (χ0) is 29.3. The maximum Gasteiger partial charge on any atom is 0.408 e. The molecule has 0 aliphatic heterocycles. The van der Waals surface area contributed by atoms with Crippen molar-refractivity contribution in [1.29, 1.82) is 0 Å². The van der Waals surface area contributed by atoms with Crippen LogP contribution in [0.3, 0.4) is 0 Å². The Labute approximate surface area is 231 Å². The molecule has 0 aromatic heterocycles. The summed E-state index contributed by atoms with van der Waals surface area (Å²) in [5.41, 5.74) is 8.67. The lowest BCUT2D eigenvalue weighted by atomic mass is 9.99. The molecule has 0 spiro atoms. The van der Waals surface area contributed by atoms with Gasteiger partial charge in [-0.15, -0.1) is 0 Å². The maximum atomic E-state index is 14.0. The minimum atomic E-state index is -1.31. The van der Waals surface area contributed by atoms with E-state index in [9.17, 15) is 19.2 Å². The van der Waals surface area contributed by atoms with Crippen LogP contribution in [0.25, 0.3) is 0 Å². The molecule has 2 atom stereocenters. The molecular formula is C30H42N4O5. The Bertz CT molecular complexity index is 1150. The Morgan fingerprint density at radius 2 is 1.56 bits per heavy atom. The van der Waals surface area contributed by atoms with Gasteiger partial charge in [-0.25, -0.2) is 4.79 Å². The second kappa shape index (κ2) is 13.8. The number of rotatable bonds is 11. The largest absolute Gasteiger partial charge is 0.444 e. The van der Waals surface area contributed by atoms with Crippen molar-refractivity contribution in [3.8, 4) is 0 Å². The van der Waals surface area contributed by atoms with Gasteiger partial charge >= 0.3 is 6.09 Å². The second-order valence-electron chi connectivity index (χ2n) is 10.8. The number of ether oxygens (including phenoxy) is 1. The first kappa shape index (κ1) is 31.3. The van der Waals surface area contributed by atoms with E-state index in [1.165, 1.54) is 4.90 Å². The van der Waals surface area contributed by atoms with Crippen molar-refractivity contribution in [2.75, 3.05) is 11.9 Å². The third kappa shape index (κ3) is 9.42. The van der Waals surface area contributed by atoms with Crippen LogP contribution in [-0.4, -0.2) is 46.9 Å². The molecule has 0 aliphatic carbocycles. The van der Waals surface area contributed by atoms with E-state index < -0.39 is 47.9 Å². The molecule has 212 valence electrons. The van der Waals surface area contributed by atoms with Gasteiger partial charge in [0.2, 0.25) is 11.8 Å². The van der Waals surface area contributed by atoms with E-state index in [1.54, 1.807) is 32.9 Å². The highest BCUT2D eigenvalue weighted by atomic mass is 16.6. The molecule has 39 heavy (non-hydrogen) atoms. The minimum absolute atomic E-state index is 0.222. The van der Waals surface area contributed by atoms with Crippen molar-refractivity contribution in [1.82, 2.24) is 10.2 Å². The van der Waals surface area contributed by atoms with Crippen molar-refractivity contribution < 1.29 is 23.9 Å². The van der Waals surface area contributed by atoms with Crippen LogP contribution in [-0.2, 0) is 19.1 Å². The van der Waals surface area contributed by atoms with Crippen LogP contribution in [0.2, 0.25) is 0 Å². The lowest BCUT2D eigenvalue weighted by Gasteiger charge is -2.34. The Morgan fingerprint density at radius 1 is 0.974 bits per heavy atom. The van der Waals surface area contributed by atoms with E-state index in [1.807, 2.05) is 58.0 Å². The molecule has 9 nitrogen and oxygen atoms in total. The molecule has 0 aliphatic rings. The van der Waals surface area contributed by atoms with Crippen LogP contribution in [0.5, 0.6) is 0 Å². The van der Waals surface area contributed by atoms with Crippen LogP contribution < -0.4 is 16.4 Å². The number of primary amides is 1. The number of unbranched alkanes of at least 4 members (excludes halogenated alkanes) is 1. The Hall–Kier alpha value is -3.88. The fourth-order valence-electron chi connectivity index (χ4n) is 4.17. The van der Waals surface area contributed by atoms with Crippen molar-refractivity contribution in [3.05, 3.63) is 64.7 Å². The number of nitrogens with one attached hydrogen (secondary N) is 2. The number of hydrogen-bond donors (Lipinski definition) is 3. The molecule has 0 saturated carbocycles. The normalized spacial score (nSPS) is 12.7. The van der Waals surface area contributed by atoms with Gasteiger partial charge in [-0.05, 0) is 64.7 Å². The average Bonchev–Trinajstić information content (AvgIpc) is 2.82. The van der Waals surface area contributed by atoms with Crippen molar-refractivity contribution >= 4 is 29.5 Å². The first-order chi connectivity index (χ1) is 18.2. The van der Waals surface area contributed by atoms with Gasteiger partial charge in [0.15, 0.2) is 0 Å². The number of carbonyl (C=O) groups is 4. The molecule has 4 N–H and O–H groups in total. The number of para-hydroxylation sites is 1. The number of benzene rings is 2. The van der Waals surface area contributed by atoms with Gasteiger partial charge in [0.25, 0.3) is 5.91 Å². The number of amides is 4. The summed E-state index contributed by atoms with van der Waals surface area (Å²) in [4.78, 5) is 53.9. The van der Waals surface area contributed by atoms with Crippen molar-refractivity contribution in [3.63, 3.8) is 0 Å². The lowest BCUT2D eigenvalue weighted by Crippen LogP contribution is -2.53. The molecule has 2 unspecified atom stereocenters. The monoisotopic (exact) mass is 538 g/mol. The van der Waals surface area contributed by atoms with Crippen LogP contribution >= 0.6 is 0 Å². The molecule has 0 saturated heterocycles. The first-order valence-electron chi connectivity index (χ1n) is 13.3. The molecule has 2 rings (SSSR count). The summed E-state index contributed by atoms with van der Waals surface area (Å²) in [5.74, 6) is -1.78. The number of alkyl carbamates (subject to hydrolysis) is 1. The number of nitrogens with two attached hydrogens (primary N) is 1. The van der Waals surface area contributed by atoms with Gasteiger partial charge in [-0.3, -0.25) is 14.4 Å². The highest BCUT2D eigenvalue weighted by molar-refractivity contribution is 6.00. The van der Waals surface area contributed by atoms with E-state index in [0.717, 1.165) is 23.1 Å². The van der Waals surface area contributed by atoms with Crippen LogP contribution in [0.4, 0.5) is 10.5 Å². The quantitative estimate of drug-likeness (QED) is 0.382. The molecule has 4 amide bonds. The fourth-order valence-corrected chi connectivity index (χ4v) is 4.17. The Balaban J connectivity index is 2.56. The second-order valence-corrected chi connectivity index (χ2v) is 10.8. The van der Waals surface area contributed by atoms with Gasteiger partial charge in [0.1, 0.15) is 17.7 Å². The molecule has 0 heterocycles. The van der Waals surface area contributed by atoms with E-state index >= 15 is 0 Å². The number of carbonyl (C=O) groups excluding carboxylic acids is 4. The summed E-state index contributed by atoms with van der Waals surface area (Å²) in [7, 11) is 0. The van der Waals surface area contributed by atoms with Gasteiger partial charge in [-0.1, -0.05) is 61.4 Å². The molecule has 0 radical (unpaired) electrons. The molecule has 0 fully saturated rings. The summed E-state index contributed by atoms with van der Waals surface area (Å²) in [5, 5.41) is 5.52. The Morgan fingerprint density at radius 3 is 2.08 bits per heavy atom. The summed E-state index contributed by atoms with van der Waals surface area (Å²) in [6, 6.07) is 10.7. The smallest absolute Gasteiger partial charge is 0.408 e. The van der Waals surface area contributed by atoms with E-state index in [0.29, 0.717) is 17.7 Å². The number of anilines is 1. The van der Waals surface area contributed by atoms with Crippen LogP contribution in [0.1, 0.15) is 75.3 Å². The van der Waals surface area contributed by atoms with E-state index in [2.05, 4.69) is 10.6 Å². The number of hydrogen-bond acceptors (Lipinski definition) is 5. The standard InChI is InChI=1S/C30H42N4O5/c1-8-9-17-34(28(37)23(18-24(31)35)32-29(38)39-30(5,6)7)26(22-15-13-19(2)14-16-22)27(36)33-25-20(3)11-10-12-21(25)4/h10-16,23,26H,8-9,17-18H2,1-7H3,(H2,31,35)(H,32,38)(H,33,36).